The van der Waals surface area contributed by atoms with E-state index in [2.05, 4.69) is 36.1 Å². The van der Waals surface area contributed by atoms with E-state index in [9.17, 15) is 0 Å². The van der Waals surface area contributed by atoms with Gasteiger partial charge in [0.1, 0.15) is 16.8 Å². The Kier molecular flexibility index (Phi) is 4.34. The summed E-state index contributed by atoms with van der Waals surface area (Å²) in [5.74, 6) is 1.73. The van der Waals surface area contributed by atoms with Crippen LogP contribution in [0, 0.1) is 12.3 Å². The first-order valence-electron chi connectivity index (χ1n) is 7.21. The first-order valence-corrected chi connectivity index (χ1v) is 7.58. The molecule has 1 aliphatic carbocycles. The maximum atomic E-state index is 6.18. The SMILES string of the molecule is CCc1nc(Cl)c(C)c(NC2CCCC(C)(C)C2)n1. The third-order valence-corrected chi connectivity index (χ3v) is 4.36. The van der Waals surface area contributed by atoms with Gasteiger partial charge in [-0.15, -0.1) is 0 Å². The van der Waals surface area contributed by atoms with E-state index in [0.29, 0.717) is 16.6 Å². The molecule has 0 aromatic carbocycles. The number of aromatic nitrogens is 2. The van der Waals surface area contributed by atoms with Crippen molar-refractivity contribution in [1.82, 2.24) is 9.97 Å². The van der Waals surface area contributed by atoms with E-state index in [-0.39, 0.29) is 0 Å². The van der Waals surface area contributed by atoms with Crippen molar-refractivity contribution in [3.8, 4) is 0 Å². The smallest absolute Gasteiger partial charge is 0.137 e. The maximum absolute atomic E-state index is 6.18. The van der Waals surface area contributed by atoms with E-state index in [4.69, 9.17) is 11.6 Å². The average molecular weight is 282 g/mol. The number of rotatable bonds is 3. The molecule has 19 heavy (non-hydrogen) atoms. The summed E-state index contributed by atoms with van der Waals surface area (Å²) in [7, 11) is 0. The van der Waals surface area contributed by atoms with Crippen molar-refractivity contribution in [3.63, 3.8) is 0 Å². The van der Waals surface area contributed by atoms with Gasteiger partial charge in [0, 0.05) is 18.0 Å². The zero-order valence-electron chi connectivity index (χ0n) is 12.4. The predicted octanol–water partition coefficient (Wildman–Crippen LogP) is 4.38. The molecule has 1 heterocycles. The van der Waals surface area contributed by atoms with Gasteiger partial charge in [-0.1, -0.05) is 38.8 Å². The molecule has 3 nitrogen and oxygen atoms in total. The van der Waals surface area contributed by atoms with Crippen LogP contribution in [0.15, 0.2) is 0 Å². The van der Waals surface area contributed by atoms with Gasteiger partial charge in [-0.3, -0.25) is 0 Å². The predicted molar refractivity (Wildman–Crippen MR) is 80.8 cm³/mol. The van der Waals surface area contributed by atoms with Crippen LogP contribution in [0.3, 0.4) is 0 Å². The van der Waals surface area contributed by atoms with Crippen molar-refractivity contribution in [2.24, 2.45) is 5.41 Å². The fourth-order valence-electron chi connectivity index (χ4n) is 2.85. The number of hydrogen-bond acceptors (Lipinski definition) is 3. The molecule has 106 valence electrons. The summed E-state index contributed by atoms with van der Waals surface area (Å²) in [6.45, 7) is 8.73. The lowest BCUT2D eigenvalue weighted by atomic mass is 9.75. The largest absolute Gasteiger partial charge is 0.367 e. The number of nitrogens with one attached hydrogen (secondary N) is 1. The Bertz CT molecular complexity index is 457. The highest BCUT2D eigenvalue weighted by Gasteiger charge is 2.28. The van der Waals surface area contributed by atoms with Gasteiger partial charge >= 0.3 is 0 Å². The van der Waals surface area contributed by atoms with Crippen molar-refractivity contribution in [2.75, 3.05) is 5.32 Å². The molecule has 1 unspecified atom stereocenters. The van der Waals surface area contributed by atoms with Crippen LogP contribution in [-0.2, 0) is 6.42 Å². The van der Waals surface area contributed by atoms with Crippen molar-refractivity contribution in [2.45, 2.75) is 65.8 Å². The molecule has 1 aromatic rings. The Balaban J connectivity index is 2.16. The second kappa shape index (κ2) is 5.66. The molecule has 0 radical (unpaired) electrons. The minimum absolute atomic E-state index is 0.425. The molecular formula is C15H24ClN3. The van der Waals surface area contributed by atoms with E-state index in [1.807, 2.05) is 6.92 Å². The molecule has 0 amide bonds. The molecule has 1 N–H and O–H groups in total. The second-order valence-electron chi connectivity index (χ2n) is 6.36. The van der Waals surface area contributed by atoms with Gasteiger partial charge in [-0.05, 0) is 31.6 Å². The third kappa shape index (κ3) is 3.59. The summed E-state index contributed by atoms with van der Waals surface area (Å²) in [5.41, 5.74) is 1.39. The quantitative estimate of drug-likeness (QED) is 0.836. The normalized spacial score (nSPS) is 22.3. The molecule has 4 heteroatoms. The number of nitrogens with zero attached hydrogens (tertiary/aromatic N) is 2. The van der Waals surface area contributed by atoms with E-state index in [1.165, 1.54) is 25.7 Å². The van der Waals surface area contributed by atoms with Gasteiger partial charge < -0.3 is 5.32 Å². The first-order chi connectivity index (χ1) is 8.91. The Hall–Kier alpha value is -0.830. The van der Waals surface area contributed by atoms with Crippen molar-refractivity contribution in [3.05, 3.63) is 16.5 Å². The summed E-state index contributed by atoms with van der Waals surface area (Å²) >= 11 is 6.18. The van der Waals surface area contributed by atoms with Crippen LogP contribution >= 0.6 is 11.6 Å². The first kappa shape index (κ1) is 14.6. The van der Waals surface area contributed by atoms with Crippen LogP contribution in [0.25, 0.3) is 0 Å². The van der Waals surface area contributed by atoms with Gasteiger partial charge in [0.2, 0.25) is 0 Å². The molecule has 1 aliphatic rings. The van der Waals surface area contributed by atoms with Crippen LogP contribution in [0.4, 0.5) is 5.82 Å². The van der Waals surface area contributed by atoms with Crippen molar-refractivity contribution < 1.29 is 0 Å². The molecule has 1 saturated carbocycles. The van der Waals surface area contributed by atoms with Crippen molar-refractivity contribution >= 4 is 17.4 Å². The van der Waals surface area contributed by atoms with E-state index >= 15 is 0 Å². The number of halogens is 1. The van der Waals surface area contributed by atoms with Gasteiger partial charge in [-0.2, -0.15) is 0 Å². The fraction of sp³-hybridized carbons (Fsp3) is 0.733. The van der Waals surface area contributed by atoms with Crippen LogP contribution in [-0.4, -0.2) is 16.0 Å². The van der Waals surface area contributed by atoms with Gasteiger partial charge in [0.05, 0.1) is 0 Å². The van der Waals surface area contributed by atoms with E-state index in [1.54, 1.807) is 0 Å². The highest BCUT2D eigenvalue weighted by Crippen LogP contribution is 2.36. The minimum atomic E-state index is 0.425. The van der Waals surface area contributed by atoms with Gasteiger partial charge in [0.15, 0.2) is 0 Å². The molecule has 1 aromatic heterocycles. The van der Waals surface area contributed by atoms with E-state index < -0.39 is 0 Å². The Morgan fingerprint density at radius 1 is 1.37 bits per heavy atom. The number of anilines is 1. The summed E-state index contributed by atoms with van der Waals surface area (Å²) in [6.07, 6.45) is 5.81. The molecular weight excluding hydrogens is 258 g/mol. The Morgan fingerprint density at radius 2 is 2.11 bits per heavy atom. The third-order valence-electron chi connectivity index (χ3n) is 3.99. The van der Waals surface area contributed by atoms with Crippen LogP contribution < -0.4 is 5.32 Å². The molecule has 0 bridgehead atoms. The number of hydrogen-bond donors (Lipinski definition) is 1. The molecule has 0 aliphatic heterocycles. The Labute approximate surface area is 121 Å². The summed E-state index contributed by atoms with van der Waals surface area (Å²) in [5, 5.41) is 4.16. The maximum Gasteiger partial charge on any atom is 0.137 e. The summed E-state index contributed by atoms with van der Waals surface area (Å²) < 4.78 is 0. The lowest BCUT2D eigenvalue weighted by Gasteiger charge is -2.36. The fourth-order valence-corrected chi connectivity index (χ4v) is 3.03. The standard InChI is InChI=1S/C15H24ClN3/c1-5-12-18-13(16)10(2)14(19-12)17-11-7-6-8-15(3,4)9-11/h11H,5-9H2,1-4H3,(H,17,18,19). The topological polar surface area (TPSA) is 37.8 Å². The van der Waals surface area contributed by atoms with Gasteiger partial charge in [0.25, 0.3) is 0 Å². The second-order valence-corrected chi connectivity index (χ2v) is 6.72. The van der Waals surface area contributed by atoms with E-state index in [0.717, 1.165) is 23.6 Å². The number of aryl methyl sites for hydroxylation is 1. The molecule has 1 atom stereocenters. The van der Waals surface area contributed by atoms with Crippen molar-refractivity contribution in [1.29, 1.82) is 0 Å². The lowest BCUT2D eigenvalue weighted by molar-refractivity contribution is 0.229. The van der Waals surface area contributed by atoms with Gasteiger partial charge in [-0.25, -0.2) is 9.97 Å². The summed E-state index contributed by atoms with van der Waals surface area (Å²) in [4.78, 5) is 8.87. The van der Waals surface area contributed by atoms with Crippen LogP contribution in [0.2, 0.25) is 5.15 Å². The highest BCUT2D eigenvalue weighted by atomic mass is 35.5. The molecule has 0 spiro atoms. The lowest BCUT2D eigenvalue weighted by Crippen LogP contribution is -2.32. The van der Waals surface area contributed by atoms with Crippen LogP contribution in [0.5, 0.6) is 0 Å². The highest BCUT2D eigenvalue weighted by molar-refractivity contribution is 6.30. The average Bonchev–Trinajstić information content (AvgIpc) is 2.33. The molecule has 1 fully saturated rings. The zero-order chi connectivity index (χ0) is 14.0. The summed E-state index contributed by atoms with van der Waals surface area (Å²) in [6, 6.07) is 0.498. The Morgan fingerprint density at radius 3 is 2.74 bits per heavy atom. The minimum Gasteiger partial charge on any atom is -0.367 e. The molecule has 2 rings (SSSR count). The van der Waals surface area contributed by atoms with Crippen LogP contribution in [0.1, 0.15) is 57.8 Å². The molecule has 0 saturated heterocycles. The zero-order valence-corrected chi connectivity index (χ0v) is 13.1. The monoisotopic (exact) mass is 281 g/mol.